The van der Waals surface area contributed by atoms with Crippen molar-refractivity contribution < 1.29 is 15.0 Å². The van der Waals surface area contributed by atoms with Gasteiger partial charge < -0.3 is 15.9 Å². The van der Waals surface area contributed by atoms with E-state index in [1.54, 1.807) is 12.1 Å². The average molecular weight is 223 g/mol. The predicted octanol–water partition coefficient (Wildman–Crippen LogP) is 0.114. The second-order valence-electron chi connectivity index (χ2n) is 4.04. The number of aliphatic hydroxyl groups excluding tert-OH is 2. The molecule has 0 saturated carbocycles. The first-order valence-electron chi connectivity index (χ1n) is 5.18. The number of aliphatic hydroxyl groups is 2. The topological polar surface area (TPSA) is 83.6 Å². The molecule has 0 fully saturated rings. The highest BCUT2D eigenvalue weighted by molar-refractivity contribution is 5.74. The Morgan fingerprint density at radius 2 is 1.75 bits per heavy atom. The minimum absolute atomic E-state index is 0.240. The summed E-state index contributed by atoms with van der Waals surface area (Å²) in [5.74, 6) is 0. The summed E-state index contributed by atoms with van der Waals surface area (Å²) in [6, 6.07) is 7.16. The van der Waals surface area contributed by atoms with Gasteiger partial charge in [-0.05, 0) is 18.4 Å². The number of aldehydes is 1. The van der Waals surface area contributed by atoms with Gasteiger partial charge in [0.05, 0.1) is 18.8 Å². The Balaban J connectivity index is 2.57. The van der Waals surface area contributed by atoms with Gasteiger partial charge in [-0.3, -0.25) is 4.79 Å². The first-order chi connectivity index (χ1) is 7.63. The lowest BCUT2D eigenvalue weighted by Crippen LogP contribution is -2.47. The maximum Gasteiger partial charge on any atom is 0.150 e. The van der Waals surface area contributed by atoms with E-state index in [1.165, 1.54) is 0 Å². The SMILES string of the molecule is NC(CO)(CO)CCc1ccc(C=O)cc1. The van der Waals surface area contributed by atoms with Crippen LogP contribution in [0.15, 0.2) is 24.3 Å². The van der Waals surface area contributed by atoms with Gasteiger partial charge in [-0.25, -0.2) is 0 Å². The van der Waals surface area contributed by atoms with Crippen LogP contribution in [0.3, 0.4) is 0 Å². The van der Waals surface area contributed by atoms with Crippen molar-refractivity contribution in [3.63, 3.8) is 0 Å². The van der Waals surface area contributed by atoms with Gasteiger partial charge in [0.1, 0.15) is 6.29 Å². The van der Waals surface area contributed by atoms with Crippen molar-refractivity contribution in [2.45, 2.75) is 18.4 Å². The minimum atomic E-state index is -0.927. The third-order valence-corrected chi connectivity index (χ3v) is 2.66. The number of rotatable bonds is 6. The number of aryl methyl sites for hydroxylation is 1. The zero-order valence-electron chi connectivity index (χ0n) is 9.10. The van der Waals surface area contributed by atoms with Crippen molar-refractivity contribution in [3.8, 4) is 0 Å². The van der Waals surface area contributed by atoms with Crippen LogP contribution in [0, 0.1) is 0 Å². The fraction of sp³-hybridized carbons (Fsp3) is 0.417. The zero-order chi connectivity index (χ0) is 12.0. The number of hydrogen-bond donors (Lipinski definition) is 3. The molecule has 1 aromatic carbocycles. The van der Waals surface area contributed by atoms with Gasteiger partial charge in [-0.1, -0.05) is 24.3 Å². The van der Waals surface area contributed by atoms with E-state index >= 15 is 0 Å². The molecule has 0 bridgehead atoms. The summed E-state index contributed by atoms with van der Waals surface area (Å²) in [5, 5.41) is 18.0. The fourth-order valence-corrected chi connectivity index (χ4v) is 1.36. The van der Waals surface area contributed by atoms with E-state index < -0.39 is 5.54 Å². The highest BCUT2D eigenvalue weighted by atomic mass is 16.3. The largest absolute Gasteiger partial charge is 0.394 e. The summed E-state index contributed by atoms with van der Waals surface area (Å²) >= 11 is 0. The van der Waals surface area contributed by atoms with Gasteiger partial charge in [-0.15, -0.1) is 0 Å². The van der Waals surface area contributed by atoms with E-state index in [2.05, 4.69) is 0 Å². The van der Waals surface area contributed by atoms with Gasteiger partial charge in [0.25, 0.3) is 0 Å². The smallest absolute Gasteiger partial charge is 0.150 e. The highest BCUT2D eigenvalue weighted by Gasteiger charge is 2.22. The van der Waals surface area contributed by atoms with E-state index in [0.29, 0.717) is 18.4 Å². The Bertz CT molecular complexity index is 331. The number of nitrogens with two attached hydrogens (primary N) is 1. The molecule has 1 rings (SSSR count). The summed E-state index contributed by atoms with van der Waals surface area (Å²) in [7, 11) is 0. The molecule has 0 heterocycles. The summed E-state index contributed by atoms with van der Waals surface area (Å²) < 4.78 is 0. The van der Waals surface area contributed by atoms with Crippen molar-refractivity contribution in [2.24, 2.45) is 5.73 Å². The molecule has 0 aromatic heterocycles. The summed E-state index contributed by atoms with van der Waals surface area (Å²) in [6.07, 6.45) is 1.95. The first-order valence-corrected chi connectivity index (χ1v) is 5.18. The Kier molecular flexibility index (Phi) is 4.61. The maximum absolute atomic E-state index is 10.4. The Morgan fingerprint density at radius 1 is 1.19 bits per heavy atom. The second-order valence-corrected chi connectivity index (χ2v) is 4.04. The molecule has 0 aliphatic heterocycles. The zero-order valence-corrected chi connectivity index (χ0v) is 9.10. The number of carbonyl (C=O) groups is 1. The molecule has 0 spiro atoms. The normalized spacial score (nSPS) is 11.4. The van der Waals surface area contributed by atoms with Crippen molar-refractivity contribution in [3.05, 3.63) is 35.4 Å². The molecule has 0 aliphatic rings. The van der Waals surface area contributed by atoms with Gasteiger partial charge in [0.2, 0.25) is 0 Å². The highest BCUT2D eigenvalue weighted by Crippen LogP contribution is 2.12. The van der Waals surface area contributed by atoms with Crippen LogP contribution in [0.25, 0.3) is 0 Å². The third-order valence-electron chi connectivity index (χ3n) is 2.66. The average Bonchev–Trinajstić information content (AvgIpc) is 2.36. The van der Waals surface area contributed by atoms with Crippen molar-refractivity contribution >= 4 is 6.29 Å². The maximum atomic E-state index is 10.4. The summed E-state index contributed by atoms with van der Waals surface area (Å²) in [5.41, 5.74) is 6.48. The van der Waals surface area contributed by atoms with Gasteiger partial charge in [0.15, 0.2) is 0 Å². The Labute approximate surface area is 94.7 Å². The van der Waals surface area contributed by atoms with Crippen molar-refractivity contribution in [1.82, 2.24) is 0 Å². The van der Waals surface area contributed by atoms with Crippen LogP contribution in [0.4, 0.5) is 0 Å². The van der Waals surface area contributed by atoms with E-state index in [0.717, 1.165) is 11.8 Å². The van der Waals surface area contributed by atoms with Crippen LogP contribution < -0.4 is 5.73 Å². The molecule has 88 valence electrons. The quantitative estimate of drug-likeness (QED) is 0.598. The molecule has 16 heavy (non-hydrogen) atoms. The molecular formula is C12H17NO3. The molecule has 1 aromatic rings. The lowest BCUT2D eigenvalue weighted by atomic mass is 9.94. The molecule has 0 unspecified atom stereocenters. The number of carbonyl (C=O) groups excluding carboxylic acids is 1. The van der Waals surface area contributed by atoms with E-state index in [1.807, 2.05) is 12.1 Å². The van der Waals surface area contributed by atoms with Crippen molar-refractivity contribution in [1.29, 1.82) is 0 Å². The van der Waals surface area contributed by atoms with Gasteiger partial charge >= 0.3 is 0 Å². The van der Waals surface area contributed by atoms with Crippen LogP contribution in [0.1, 0.15) is 22.3 Å². The molecule has 0 atom stereocenters. The summed E-state index contributed by atoms with van der Waals surface area (Å²) in [6.45, 7) is -0.480. The van der Waals surface area contributed by atoms with Crippen LogP contribution in [0.2, 0.25) is 0 Å². The van der Waals surface area contributed by atoms with Crippen LogP contribution in [0.5, 0.6) is 0 Å². The molecule has 0 aliphatic carbocycles. The lowest BCUT2D eigenvalue weighted by Gasteiger charge is -2.24. The molecule has 4 heteroatoms. The Morgan fingerprint density at radius 3 is 2.19 bits per heavy atom. The first kappa shape index (κ1) is 12.8. The second kappa shape index (κ2) is 5.75. The predicted molar refractivity (Wildman–Crippen MR) is 61.2 cm³/mol. The Hall–Kier alpha value is -1.23. The molecular weight excluding hydrogens is 206 g/mol. The summed E-state index contributed by atoms with van der Waals surface area (Å²) in [4.78, 5) is 10.4. The number of hydrogen-bond acceptors (Lipinski definition) is 4. The van der Waals surface area contributed by atoms with Crippen LogP contribution >= 0.6 is 0 Å². The van der Waals surface area contributed by atoms with Crippen LogP contribution in [-0.2, 0) is 6.42 Å². The van der Waals surface area contributed by atoms with Crippen molar-refractivity contribution in [2.75, 3.05) is 13.2 Å². The molecule has 4 N–H and O–H groups in total. The molecule has 0 amide bonds. The van der Waals surface area contributed by atoms with Gasteiger partial charge in [-0.2, -0.15) is 0 Å². The minimum Gasteiger partial charge on any atom is -0.394 e. The van der Waals surface area contributed by atoms with Gasteiger partial charge in [0, 0.05) is 5.56 Å². The van der Waals surface area contributed by atoms with E-state index in [9.17, 15) is 4.79 Å². The molecule has 4 nitrogen and oxygen atoms in total. The van der Waals surface area contributed by atoms with E-state index in [-0.39, 0.29) is 13.2 Å². The standard InChI is InChI=1S/C12H17NO3/c13-12(8-15,9-16)6-5-10-1-3-11(7-14)4-2-10/h1-4,7,15-16H,5-6,8-9,13H2. The van der Waals surface area contributed by atoms with Crippen LogP contribution in [-0.4, -0.2) is 35.3 Å². The third kappa shape index (κ3) is 3.41. The number of benzene rings is 1. The lowest BCUT2D eigenvalue weighted by molar-refractivity contribution is 0.112. The van der Waals surface area contributed by atoms with E-state index in [4.69, 9.17) is 15.9 Å². The molecule has 0 saturated heterocycles. The monoisotopic (exact) mass is 223 g/mol. The fourth-order valence-electron chi connectivity index (χ4n) is 1.36. The molecule has 0 radical (unpaired) electrons.